The summed E-state index contributed by atoms with van der Waals surface area (Å²) in [6.45, 7) is 4.71. The fourth-order valence-corrected chi connectivity index (χ4v) is 2.37. The first-order valence-electron chi connectivity index (χ1n) is 7.58. The second-order valence-electron chi connectivity index (χ2n) is 5.54. The zero-order valence-electron chi connectivity index (χ0n) is 13.8. The van der Waals surface area contributed by atoms with Gasteiger partial charge in [-0.1, -0.05) is 49.4 Å². The first-order chi connectivity index (χ1) is 10.6. The maximum atomic E-state index is 12.5. The normalized spacial score (nSPS) is 12.8. The number of hydrogen-bond donors (Lipinski definition) is 1. The number of ether oxygens (including phenoxy) is 1. The van der Waals surface area contributed by atoms with E-state index in [9.17, 15) is 4.79 Å². The van der Waals surface area contributed by atoms with Crippen molar-refractivity contribution in [3.05, 3.63) is 65.7 Å². The SMILES string of the molecule is COc1cccc(C(=O)C(C)CNC(C)c2ccccc2)c1.Cl. The van der Waals surface area contributed by atoms with Gasteiger partial charge in [0.15, 0.2) is 5.78 Å². The lowest BCUT2D eigenvalue weighted by Gasteiger charge is -2.17. The number of rotatable bonds is 7. The number of ketones is 1. The topological polar surface area (TPSA) is 38.3 Å². The molecule has 2 atom stereocenters. The minimum atomic E-state index is -0.0849. The van der Waals surface area contributed by atoms with Crippen LogP contribution in [0.2, 0.25) is 0 Å². The molecule has 124 valence electrons. The number of carbonyl (C=O) groups is 1. The maximum Gasteiger partial charge on any atom is 0.167 e. The molecule has 0 bridgehead atoms. The molecule has 2 rings (SSSR count). The molecule has 2 aromatic carbocycles. The first kappa shape index (κ1) is 19.2. The summed E-state index contributed by atoms with van der Waals surface area (Å²) in [5, 5.41) is 3.43. The number of Topliss-reactive ketones (excluding diaryl/α,β-unsaturated/α-hetero) is 1. The zero-order valence-corrected chi connectivity index (χ0v) is 14.6. The summed E-state index contributed by atoms with van der Waals surface area (Å²) < 4.78 is 5.17. The molecule has 3 nitrogen and oxygen atoms in total. The standard InChI is InChI=1S/C19H23NO2.ClH/c1-14(13-20-15(2)16-8-5-4-6-9-16)19(21)17-10-7-11-18(12-17)22-3;/h4-12,14-15,20H,13H2,1-3H3;1H. The Morgan fingerprint density at radius 3 is 2.43 bits per heavy atom. The molecule has 4 heteroatoms. The Kier molecular flexibility index (Phi) is 7.79. The van der Waals surface area contributed by atoms with Crippen LogP contribution in [-0.4, -0.2) is 19.4 Å². The van der Waals surface area contributed by atoms with Crippen LogP contribution in [-0.2, 0) is 0 Å². The van der Waals surface area contributed by atoms with Crippen LogP contribution in [0.4, 0.5) is 0 Å². The fraction of sp³-hybridized carbons (Fsp3) is 0.316. The zero-order chi connectivity index (χ0) is 15.9. The average molecular weight is 334 g/mol. The predicted octanol–water partition coefficient (Wildman–Crippen LogP) is 4.29. The van der Waals surface area contributed by atoms with E-state index < -0.39 is 0 Å². The van der Waals surface area contributed by atoms with Crippen LogP contribution in [0, 0.1) is 5.92 Å². The molecule has 0 radical (unpaired) electrons. The Balaban J connectivity index is 0.00000264. The van der Waals surface area contributed by atoms with Crippen LogP contribution < -0.4 is 10.1 Å². The molecular formula is C19H24ClNO2. The molecule has 2 aromatic rings. The Morgan fingerprint density at radius 2 is 1.78 bits per heavy atom. The highest BCUT2D eigenvalue weighted by molar-refractivity contribution is 5.98. The monoisotopic (exact) mass is 333 g/mol. The highest BCUT2D eigenvalue weighted by Gasteiger charge is 2.16. The summed E-state index contributed by atoms with van der Waals surface area (Å²) in [5.74, 6) is 0.758. The van der Waals surface area contributed by atoms with Gasteiger partial charge in [-0.25, -0.2) is 0 Å². The Bertz CT molecular complexity index is 616. The number of halogens is 1. The number of carbonyl (C=O) groups excluding carboxylic acids is 1. The third-order valence-electron chi connectivity index (χ3n) is 3.83. The fourth-order valence-electron chi connectivity index (χ4n) is 2.37. The van der Waals surface area contributed by atoms with Gasteiger partial charge in [-0.05, 0) is 24.6 Å². The van der Waals surface area contributed by atoms with Gasteiger partial charge < -0.3 is 10.1 Å². The molecule has 23 heavy (non-hydrogen) atoms. The van der Waals surface area contributed by atoms with Gasteiger partial charge in [0, 0.05) is 24.1 Å². The van der Waals surface area contributed by atoms with Gasteiger partial charge in [-0.2, -0.15) is 0 Å². The lowest BCUT2D eigenvalue weighted by Crippen LogP contribution is -2.28. The van der Waals surface area contributed by atoms with Crippen molar-refractivity contribution in [2.24, 2.45) is 5.92 Å². The number of methoxy groups -OCH3 is 1. The Morgan fingerprint density at radius 1 is 1.09 bits per heavy atom. The second kappa shape index (κ2) is 9.33. The molecular weight excluding hydrogens is 310 g/mol. The molecule has 0 aliphatic heterocycles. The van der Waals surface area contributed by atoms with Crippen LogP contribution in [0.1, 0.15) is 35.8 Å². The minimum Gasteiger partial charge on any atom is -0.497 e. The van der Waals surface area contributed by atoms with Crippen LogP contribution in [0.5, 0.6) is 5.75 Å². The molecule has 0 amide bonds. The molecule has 2 unspecified atom stereocenters. The van der Waals surface area contributed by atoms with Crippen LogP contribution in [0.3, 0.4) is 0 Å². The predicted molar refractivity (Wildman–Crippen MR) is 96.6 cm³/mol. The van der Waals surface area contributed by atoms with E-state index in [1.54, 1.807) is 13.2 Å². The van der Waals surface area contributed by atoms with Crippen molar-refractivity contribution in [1.29, 1.82) is 0 Å². The van der Waals surface area contributed by atoms with E-state index in [4.69, 9.17) is 4.74 Å². The quantitative estimate of drug-likeness (QED) is 0.768. The average Bonchev–Trinajstić information content (AvgIpc) is 2.59. The van der Waals surface area contributed by atoms with Gasteiger partial charge in [0.05, 0.1) is 7.11 Å². The summed E-state index contributed by atoms with van der Waals surface area (Å²) in [6.07, 6.45) is 0. The molecule has 0 heterocycles. The van der Waals surface area contributed by atoms with E-state index >= 15 is 0 Å². The van der Waals surface area contributed by atoms with Gasteiger partial charge in [0.1, 0.15) is 5.75 Å². The van der Waals surface area contributed by atoms with Crippen LogP contribution in [0.25, 0.3) is 0 Å². The van der Waals surface area contributed by atoms with Crippen LogP contribution >= 0.6 is 12.4 Å². The number of benzene rings is 2. The summed E-state index contributed by atoms with van der Waals surface area (Å²) in [7, 11) is 1.61. The van der Waals surface area contributed by atoms with Crippen molar-refractivity contribution in [1.82, 2.24) is 5.32 Å². The van der Waals surface area contributed by atoms with Crippen molar-refractivity contribution in [3.8, 4) is 5.75 Å². The largest absolute Gasteiger partial charge is 0.497 e. The molecule has 0 saturated carbocycles. The Labute approximate surface area is 144 Å². The third kappa shape index (κ3) is 5.38. The van der Waals surface area contributed by atoms with Crippen LogP contribution in [0.15, 0.2) is 54.6 Å². The highest BCUT2D eigenvalue weighted by Crippen LogP contribution is 2.17. The van der Waals surface area contributed by atoms with Gasteiger partial charge in [-0.3, -0.25) is 4.79 Å². The smallest absolute Gasteiger partial charge is 0.167 e. The van der Waals surface area contributed by atoms with Crippen molar-refractivity contribution in [2.45, 2.75) is 19.9 Å². The lowest BCUT2D eigenvalue weighted by molar-refractivity contribution is 0.0927. The third-order valence-corrected chi connectivity index (χ3v) is 3.83. The Hall–Kier alpha value is -1.84. The van der Waals surface area contributed by atoms with Crippen molar-refractivity contribution in [2.75, 3.05) is 13.7 Å². The van der Waals surface area contributed by atoms with Gasteiger partial charge >= 0.3 is 0 Å². The molecule has 0 aromatic heterocycles. The first-order valence-corrected chi connectivity index (χ1v) is 7.58. The van der Waals surface area contributed by atoms with E-state index in [-0.39, 0.29) is 30.2 Å². The van der Waals surface area contributed by atoms with E-state index in [0.717, 1.165) is 0 Å². The van der Waals surface area contributed by atoms with E-state index in [1.165, 1.54) is 5.56 Å². The summed E-state index contributed by atoms with van der Waals surface area (Å²) >= 11 is 0. The highest BCUT2D eigenvalue weighted by atomic mass is 35.5. The van der Waals surface area contributed by atoms with Gasteiger partial charge in [0.2, 0.25) is 0 Å². The summed E-state index contributed by atoms with van der Waals surface area (Å²) in [6, 6.07) is 17.8. The van der Waals surface area contributed by atoms with E-state index in [2.05, 4.69) is 24.4 Å². The molecule has 0 aliphatic carbocycles. The number of nitrogens with one attached hydrogen (secondary N) is 1. The summed E-state index contributed by atoms with van der Waals surface area (Å²) in [5.41, 5.74) is 1.92. The lowest BCUT2D eigenvalue weighted by atomic mass is 9.98. The minimum absolute atomic E-state index is 0. The van der Waals surface area contributed by atoms with Crippen molar-refractivity contribution < 1.29 is 9.53 Å². The van der Waals surface area contributed by atoms with Crippen molar-refractivity contribution in [3.63, 3.8) is 0 Å². The van der Waals surface area contributed by atoms with Gasteiger partial charge in [-0.15, -0.1) is 12.4 Å². The molecule has 0 fully saturated rings. The van der Waals surface area contributed by atoms with E-state index in [0.29, 0.717) is 17.9 Å². The number of hydrogen-bond acceptors (Lipinski definition) is 3. The van der Waals surface area contributed by atoms with E-state index in [1.807, 2.05) is 43.3 Å². The second-order valence-corrected chi connectivity index (χ2v) is 5.54. The molecule has 0 spiro atoms. The maximum absolute atomic E-state index is 12.5. The van der Waals surface area contributed by atoms with Gasteiger partial charge in [0.25, 0.3) is 0 Å². The summed E-state index contributed by atoms with van der Waals surface area (Å²) in [4.78, 5) is 12.5. The molecule has 0 aliphatic rings. The molecule has 1 N–H and O–H groups in total. The van der Waals surface area contributed by atoms with Crippen molar-refractivity contribution >= 4 is 18.2 Å². The molecule has 0 saturated heterocycles.